The first kappa shape index (κ1) is 21.5. The molecule has 0 saturated carbocycles. The van der Waals surface area contributed by atoms with Crippen molar-refractivity contribution in [2.24, 2.45) is 0 Å². The largest absolute Gasteiger partial charge is 0.500 e. The van der Waals surface area contributed by atoms with Gasteiger partial charge in [-0.2, -0.15) is 0 Å². The molecule has 0 aliphatic carbocycles. The van der Waals surface area contributed by atoms with Gasteiger partial charge in [-0.25, -0.2) is 0 Å². The minimum Gasteiger partial charge on any atom is -0.374 e. The highest BCUT2D eigenvalue weighted by atomic mass is 28.4. The molecular weight excluding hydrogens is 320 g/mol. The van der Waals surface area contributed by atoms with Crippen molar-refractivity contribution in [3.63, 3.8) is 0 Å². The summed E-state index contributed by atoms with van der Waals surface area (Å²) in [6, 6.07) is 1.10. The Morgan fingerprint density at radius 2 is 1.24 bits per heavy atom. The molecule has 128 valence electrons. The van der Waals surface area contributed by atoms with E-state index >= 15 is 0 Å². The molecule has 0 rings (SSSR count). The molecule has 0 aromatic rings. The van der Waals surface area contributed by atoms with E-state index in [1.807, 2.05) is 34.6 Å². The van der Waals surface area contributed by atoms with Crippen LogP contribution in [0.5, 0.6) is 0 Å². The fourth-order valence-corrected chi connectivity index (χ4v) is 10.6. The van der Waals surface area contributed by atoms with E-state index < -0.39 is 18.3 Å². The predicted octanol–water partition coefficient (Wildman–Crippen LogP) is 0.672. The van der Waals surface area contributed by atoms with Crippen LogP contribution in [-0.2, 0) is 22.8 Å². The normalized spacial score (nSPS) is 14.6. The summed E-state index contributed by atoms with van der Waals surface area (Å²) in [4.78, 5) is 0. The van der Waals surface area contributed by atoms with Gasteiger partial charge < -0.3 is 22.8 Å². The first-order valence-corrected chi connectivity index (χ1v) is 13.0. The van der Waals surface area contributed by atoms with Crippen LogP contribution in [0.15, 0.2) is 0 Å². The minimum absolute atomic E-state index is 0.00743. The van der Waals surface area contributed by atoms with E-state index in [1.165, 1.54) is 0 Å². The van der Waals surface area contributed by atoms with Crippen LogP contribution >= 0.6 is 0 Å². The second kappa shape index (κ2) is 12.9. The molecule has 0 heterocycles. The fourth-order valence-electron chi connectivity index (χ4n) is 2.30. The molecule has 0 N–H and O–H groups in total. The summed E-state index contributed by atoms with van der Waals surface area (Å²) in [5.41, 5.74) is 0. The zero-order valence-electron chi connectivity index (χ0n) is 14.6. The average Bonchev–Trinajstić information content (AvgIpc) is 2.45. The fraction of sp³-hybridized carbons (Fsp3) is 1.00. The maximum absolute atomic E-state index is 5.99. The summed E-state index contributed by atoms with van der Waals surface area (Å²) in [5, 5.41) is 0.424. The summed E-state index contributed by atoms with van der Waals surface area (Å²) in [6.45, 7) is 13.4. The van der Waals surface area contributed by atoms with Crippen LogP contribution in [-0.4, -0.2) is 67.5 Å². The molecule has 0 saturated heterocycles. The van der Waals surface area contributed by atoms with Crippen molar-refractivity contribution in [3.8, 4) is 0 Å². The summed E-state index contributed by atoms with van der Waals surface area (Å²) >= 11 is 0. The highest BCUT2D eigenvalue weighted by Crippen LogP contribution is 2.27. The Kier molecular flexibility index (Phi) is 13.2. The van der Waals surface area contributed by atoms with E-state index in [0.717, 1.165) is 16.3 Å². The van der Waals surface area contributed by atoms with Gasteiger partial charge in [-0.05, 0) is 34.6 Å². The molecule has 21 heavy (non-hydrogen) atoms. The van der Waals surface area contributed by atoms with Crippen LogP contribution < -0.4 is 0 Å². The molecule has 0 bridgehead atoms. The third-order valence-electron chi connectivity index (χ3n) is 3.18. The van der Waals surface area contributed by atoms with Gasteiger partial charge in [0.15, 0.2) is 0 Å². The minimum atomic E-state index is -2.53. The lowest BCUT2D eigenvalue weighted by atomic mass is 10.8. The van der Waals surface area contributed by atoms with E-state index in [2.05, 4.69) is 0 Å². The Bertz CT molecular complexity index is 223. The molecule has 0 amide bonds. The molecule has 0 aromatic heterocycles. The van der Waals surface area contributed by atoms with Crippen LogP contribution in [0, 0.1) is 0 Å². The van der Waals surface area contributed by atoms with Crippen molar-refractivity contribution in [1.29, 1.82) is 0 Å². The SMILES string of the molecule is CCOC(OCC)[SiH2]CC([SiH3])[Si](OCC)(OCC)OCC. The van der Waals surface area contributed by atoms with E-state index in [4.69, 9.17) is 22.8 Å². The maximum atomic E-state index is 5.99. The monoisotopic (exact) mass is 354 g/mol. The third-order valence-corrected chi connectivity index (χ3v) is 13.3. The van der Waals surface area contributed by atoms with Gasteiger partial charge in [-0.1, -0.05) is 6.04 Å². The van der Waals surface area contributed by atoms with Gasteiger partial charge in [0.1, 0.15) is 5.91 Å². The Morgan fingerprint density at radius 3 is 1.57 bits per heavy atom. The molecule has 1 atom stereocenters. The quantitative estimate of drug-likeness (QED) is 0.339. The van der Waals surface area contributed by atoms with Gasteiger partial charge in [-0.15, -0.1) is 0 Å². The molecular formula is C13H34O5Si3. The Hall–Kier alpha value is 0.451. The molecule has 0 spiro atoms. The summed E-state index contributed by atoms with van der Waals surface area (Å²) in [7, 11) is -2.00. The van der Waals surface area contributed by atoms with E-state index in [0.29, 0.717) is 38.2 Å². The number of hydrogen-bond donors (Lipinski definition) is 0. The lowest BCUT2D eigenvalue weighted by Crippen LogP contribution is -2.51. The van der Waals surface area contributed by atoms with E-state index in [9.17, 15) is 0 Å². The van der Waals surface area contributed by atoms with Crippen LogP contribution in [0.4, 0.5) is 0 Å². The summed E-state index contributed by atoms with van der Waals surface area (Å²) in [6.07, 6.45) is 0. The molecule has 0 aliphatic heterocycles. The van der Waals surface area contributed by atoms with Gasteiger partial charge in [-0.3, -0.25) is 0 Å². The molecule has 5 nitrogen and oxygen atoms in total. The predicted molar refractivity (Wildman–Crippen MR) is 94.7 cm³/mol. The van der Waals surface area contributed by atoms with Crippen molar-refractivity contribution in [1.82, 2.24) is 0 Å². The lowest BCUT2D eigenvalue weighted by Gasteiger charge is -2.34. The molecule has 8 heteroatoms. The molecule has 0 aromatic carbocycles. The van der Waals surface area contributed by atoms with E-state index in [-0.39, 0.29) is 5.91 Å². The standard InChI is InChI=1S/C13H34O5Si3/c1-6-14-13(15-7-2)20-11-12(19)21(16-8-3,17-9-4)18-10-5/h12-13H,6-11,20H2,1-5,19H3. The molecule has 1 unspecified atom stereocenters. The Balaban J connectivity index is 4.65. The Labute approximate surface area is 136 Å². The van der Waals surface area contributed by atoms with Crippen LogP contribution in [0.2, 0.25) is 11.2 Å². The Morgan fingerprint density at radius 1 is 0.810 bits per heavy atom. The van der Waals surface area contributed by atoms with Crippen molar-refractivity contribution in [3.05, 3.63) is 0 Å². The van der Waals surface area contributed by atoms with E-state index in [1.54, 1.807) is 0 Å². The smallest absolute Gasteiger partial charge is 0.374 e. The second-order valence-corrected chi connectivity index (χ2v) is 12.1. The van der Waals surface area contributed by atoms with Gasteiger partial charge in [0.25, 0.3) is 0 Å². The summed E-state index contributed by atoms with van der Waals surface area (Å²) in [5.74, 6) is 0.00743. The van der Waals surface area contributed by atoms with Crippen molar-refractivity contribution in [2.45, 2.75) is 51.7 Å². The molecule has 0 aliphatic rings. The lowest BCUT2D eigenvalue weighted by molar-refractivity contribution is -0.0827. The number of hydrogen-bond acceptors (Lipinski definition) is 5. The van der Waals surface area contributed by atoms with Crippen molar-refractivity contribution >= 4 is 28.6 Å². The highest BCUT2D eigenvalue weighted by Gasteiger charge is 2.46. The third kappa shape index (κ3) is 8.03. The molecule has 0 radical (unpaired) electrons. The second-order valence-electron chi connectivity index (χ2n) is 4.72. The van der Waals surface area contributed by atoms with Gasteiger partial charge in [0, 0.05) is 48.4 Å². The van der Waals surface area contributed by atoms with Gasteiger partial charge in [0.2, 0.25) is 0 Å². The highest BCUT2D eigenvalue weighted by molar-refractivity contribution is 6.71. The van der Waals surface area contributed by atoms with Crippen LogP contribution in [0.25, 0.3) is 0 Å². The zero-order valence-corrected chi connectivity index (χ0v) is 19.1. The van der Waals surface area contributed by atoms with Crippen LogP contribution in [0.1, 0.15) is 34.6 Å². The first-order chi connectivity index (χ1) is 10.1. The van der Waals surface area contributed by atoms with Gasteiger partial charge >= 0.3 is 8.80 Å². The summed E-state index contributed by atoms with van der Waals surface area (Å²) < 4.78 is 29.3. The maximum Gasteiger partial charge on any atom is 0.500 e. The first-order valence-electron chi connectivity index (χ1n) is 8.25. The number of ether oxygens (including phenoxy) is 2. The zero-order chi connectivity index (χ0) is 16.1. The average molecular weight is 355 g/mol. The van der Waals surface area contributed by atoms with Crippen molar-refractivity contribution < 1.29 is 22.8 Å². The molecule has 0 fully saturated rings. The van der Waals surface area contributed by atoms with Gasteiger partial charge in [0.05, 0.1) is 9.52 Å². The van der Waals surface area contributed by atoms with Crippen LogP contribution in [0.3, 0.4) is 0 Å². The topological polar surface area (TPSA) is 46.2 Å². The van der Waals surface area contributed by atoms with Crippen molar-refractivity contribution in [2.75, 3.05) is 33.0 Å². The number of rotatable bonds is 14.